The Kier molecular flexibility index (Phi) is 4.79. The van der Waals surface area contributed by atoms with Gasteiger partial charge in [-0.1, -0.05) is 31.0 Å². The Bertz CT molecular complexity index is 368. The molecule has 2 unspecified atom stereocenters. The molecule has 0 bridgehead atoms. The molecule has 100 valence electrons. The van der Waals surface area contributed by atoms with Crippen molar-refractivity contribution in [1.82, 2.24) is 5.32 Å². The summed E-state index contributed by atoms with van der Waals surface area (Å²) in [4.78, 5) is 0. The van der Waals surface area contributed by atoms with E-state index in [0.29, 0.717) is 18.6 Å². The van der Waals surface area contributed by atoms with Crippen molar-refractivity contribution in [1.29, 1.82) is 0 Å². The third kappa shape index (κ3) is 3.12. The van der Waals surface area contributed by atoms with Crippen LogP contribution in [0.5, 0.6) is 0 Å². The summed E-state index contributed by atoms with van der Waals surface area (Å²) >= 11 is 0. The van der Waals surface area contributed by atoms with Crippen molar-refractivity contribution in [3.8, 4) is 0 Å². The molecular weight excluding hydrogens is 222 g/mol. The van der Waals surface area contributed by atoms with Gasteiger partial charge in [-0.15, -0.1) is 0 Å². The Morgan fingerprint density at radius 2 is 1.83 bits per heavy atom. The van der Waals surface area contributed by atoms with Gasteiger partial charge in [0.15, 0.2) is 0 Å². The van der Waals surface area contributed by atoms with Gasteiger partial charge in [-0.25, -0.2) is 0 Å². The Morgan fingerprint density at radius 3 is 2.50 bits per heavy atom. The number of aliphatic hydroxyl groups is 1. The van der Waals surface area contributed by atoms with Gasteiger partial charge in [-0.05, 0) is 49.3 Å². The lowest BCUT2D eigenvalue weighted by Crippen LogP contribution is -2.40. The molecule has 1 aromatic carbocycles. The lowest BCUT2D eigenvalue weighted by molar-refractivity contribution is 0.152. The molecule has 1 fully saturated rings. The van der Waals surface area contributed by atoms with Gasteiger partial charge >= 0.3 is 0 Å². The number of benzene rings is 1. The van der Waals surface area contributed by atoms with E-state index >= 15 is 0 Å². The number of hydrogen-bond donors (Lipinski definition) is 2. The van der Waals surface area contributed by atoms with Gasteiger partial charge in [0.05, 0.1) is 0 Å². The van der Waals surface area contributed by atoms with E-state index in [1.165, 1.54) is 42.4 Å². The molecule has 2 heteroatoms. The van der Waals surface area contributed by atoms with Crippen molar-refractivity contribution in [2.24, 2.45) is 5.92 Å². The number of hydrogen-bond acceptors (Lipinski definition) is 2. The Labute approximate surface area is 110 Å². The molecule has 0 spiro atoms. The molecule has 2 rings (SSSR count). The molecule has 18 heavy (non-hydrogen) atoms. The Balaban J connectivity index is 1.98. The zero-order valence-corrected chi connectivity index (χ0v) is 11.6. The fourth-order valence-corrected chi connectivity index (χ4v) is 3.06. The van der Waals surface area contributed by atoms with E-state index in [4.69, 9.17) is 0 Å². The van der Waals surface area contributed by atoms with Crippen molar-refractivity contribution < 1.29 is 5.11 Å². The van der Waals surface area contributed by atoms with E-state index in [0.717, 1.165) is 6.54 Å². The van der Waals surface area contributed by atoms with Crippen LogP contribution in [-0.2, 0) is 6.54 Å². The molecule has 2 atom stereocenters. The zero-order chi connectivity index (χ0) is 13.0. The predicted octanol–water partition coefficient (Wildman–Crippen LogP) is 2.94. The average molecular weight is 247 g/mol. The van der Waals surface area contributed by atoms with Gasteiger partial charge in [0.2, 0.25) is 0 Å². The first kappa shape index (κ1) is 13.6. The summed E-state index contributed by atoms with van der Waals surface area (Å²) in [6.07, 6.45) is 4.94. The Morgan fingerprint density at radius 1 is 1.17 bits per heavy atom. The van der Waals surface area contributed by atoms with Crippen LogP contribution in [0.15, 0.2) is 18.2 Å². The molecular formula is C16H25NO. The third-order valence-corrected chi connectivity index (χ3v) is 4.33. The molecule has 2 N–H and O–H groups in total. The summed E-state index contributed by atoms with van der Waals surface area (Å²) in [7, 11) is 0. The summed E-state index contributed by atoms with van der Waals surface area (Å²) in [6, 6.07) is 6.96. The predicted molar refractivity (Wildman–Crippen MR) is 75.6 cm³/mol. The topological polar surface area (TPSA) is 32.3 Å². The molecule has 1 saturated carbocycles. The van der Waals surface area contributed by atoms with Crippen LogP contribution in [0.2, 0.25) is 0 Å². The first-order valence-corrected chi connectivity index (χ1v) is 7.11. The van der Waals surface area contributed by atoms with Crippen LogP contribution in [0.4, 0.5) is 0 Å². The van der Waals surface area contributed by atoms with Crippen LogP contribution in [0, 0.1) is 19.8 Å². The summed E-state index contributed by atoms with van der Waals surface area (Å²) < 4.78 is 0. The fraction of sp³-hybridized carbons (Fsp3) is 0.625. The summed E-state index contributed by atoms with van der Waals surface area (Å²) in [5, 5.41) is 13.1. The van der Waals surface area contributed by atoms with Crippen LogP contribution in [0.1, 0.15) is 42.4 Å². The SMILES string of the molecule is Cc1cccc(C)c1CNC1CCCCC1CO. The van der Waals surface area contributed by atoms with E-state index in [1.807, 2.05) is 0 Å². The highest BCUT2D eigenvalue weighted by molar-refractivity contribution is 5.33. The van der Waals surface area contributed by atoms with Crippen LogP contribution in [0.25, 0.3) is 0 Å². The molecule has 0 radical (unpaired) electrons. The first-order valence-electron chi connectivity index (χ1n) is 7.11. The summed E-state index contributed by atoms with van der Waals surface area (Å²) in [6.45, 7) is 5.60. The van der Waals surface area contributed by atoms with E-state index in [2.05, 4.69) is 37.4 Å². The largest absolute Gasteiger partial charge is 0.396 e. The maximum absolute atomic E-state index is 9.43. The molecule has 0 saturated heterocycles. The van der Waals surface area contributed by atoms with Crippen LogP contribution in [-0.4, -0.2) is 17.8 Å². The number of rotatable bonds is 4. The average Bonchev–Trinajstić information content (AvgIpc) is 2.38. The van der Waals surface area contributed by atoms with E-state index < -0.39 is 0 Å². The van der Waals surface area contributed by atoms with Gasteiger partial charge in [0, 0.05) is 19.2 Å². The van der Waals surface area contributed by atoms with Crippen molar-refractivity contribution in [2.45, 2.75) is 52.1 Å². The molecule has 0 aromatic heterocycles. The zero-order valence-electron chi connectivity index (χ0n) is 11.6. The number of aryl methyl sites for hydroxylation is 2. The van der Waals surface area contributed by atoms with Crippen LogP contribution in [0.3, 0.4) is 0 Å². The van der Waals surface area contributed by atoms with Crippen molar-refractivity contribution in [2.75, 3.05) is 6.61 Å². The summed E-state index contributed by atoms with van der Waals surface area (Å²) in [5.41, 5.74) is 4.14. The van der Waals surface area contributed by atoms with Gasteiger partial charge in [-0.2, -0.15) is 0 Å². The quantitative estimate of drug-likeness (QED) is 0.857. The Hall–Kier alpha value is -0.860. The van der Waals surface area contributed by atoms with Gasteiger partial charge in [0.1, 0.15) is 0 Å². The minimum absolute atomic E-state index is 0.324. The number of nitrogens with one attached hydrogen (secondary N) is 1. The van der Waals surface area contributed by atoms with E-state index in [-0.39, 0.29) is 0 Å². The monoisotopic (exact) mass is 247 g/mol. The molecule has 1 aliphatic rings. The number of aliphatic hydroxyl groups excluding tert-OH is 1. The summed E-state index contributed by atoms with van der Waals surface area (Å²) in [5.74, 6) is 0.447. The second kappa shape index (κ2) is 6.35. The lowest BCUT2D eigenvalue weighted by Gasteiger charge is -2.31. The highest BCUT2D eigenvalue weighted by Crippen LogP contribution is 2.24. The molecule has 1 aliphatic carbocycles. The maximum Gasteiger partial charge on any atom is 0.0474 e. The van der Waals surface area contributed by atoms with Crippen molar-refractivity contribution >= 4 is 0 Å². The smallest absolute Gasteiger partial charge is 0.0474 e. The van der Waals surface area contributed by atoms with Gasteiger partial charge < -0.3 is 10.4 Å². The van der Waals surface area contributed by atoms with Crippen LogP contribution >= 0.6 is 0 Å². The molecule has 1 aromatic rings. The standard InChI is InChI=1S/C16H25NO/c1-12-6-5-7-13(2)15(12)10-17-16-9-4-3-8-14(16)11-18/h5-7,14,16-18H,3-4,8-11H2,1-2H3. The highest BCUT2D eigenvalue weighted by atomic mass is 16.3. The van der Waals surface area contributed by atoms with Crippen molar-refractivity contribution in [3.63, 3.8) is 0 Å². The van der Waals surface area contributed by atoms with Crippen molar-refractivity contribution in [3.05, 3.63) is 34.9 Å². The highest BCUT2D eigenvalue weighted by Gasteiger charge is 2.23. The van der Waals surface area contributed by atoms with Gasteiger partial charge in [0.25, 0.3) is 0 Å². The molecule has 2 nitrogen and oxygen atoms in total. The minimum atomic E-state index is 0.324. The van der Waals surface area contributed by atoms with E-state index in [9.17, 15) is 5.11 Å². The second-order valence-corrected chi connectivity index (χ2v) is 5.58. The molecule has 0 heterocycles. The fourth-order valence-electron chi connectivity index (χ4n) is 3.06. The third-order valence-electron chi connectivity index (χ3n) is 4.33. The van der Waals surface area contributed by atoms with Crippen LogP contribution < -0.4 is 5.32 Å². The van der Waals surface area contributed by atoms with E-state index in [1.54, 1.807) is 0 Å². The lowest BCUT2D eigenvalue weighted by atomic mass is 9.85. The molecule has 0 amide bonds. The molecule has 0 aliphatic heterocycles. The normalized spacial score (nSPS) is 24.2. The first-order chi connectivity index (χ1) is 8.72. The second-order valence-electron chi connectivity index (χ2n) is 5.58. The minimum Gasteiger partial charge on any atom is -0.396 e. The van der Waals surface area contributed by atoms with Gasteiger partial charge in [-0.3, -0.25) is 0 Å². The maximum atomic E-state index is 9.43.